The molecule has 0 amide bonds. The molecule has 4 heteroatoms. The van der Waals surface area contributed by atoms with E-state index >= 15 is 0 Å². The highest BCUT2D eigenvalue weighted by atomic mass is 16.5. The molecular formula is C41H76O4. The molecule has 0 radical (unpaired) electrons. The Hall–Kier alpha value is -1.58. The Bertz CT molecular complexity index is 683. The van der Waals surface area contributed by atoms with E-state index in [0.717, 1.165) is 38.5 Å². The van der Waals surface area contributed by atoms with Crippen LogP contribution in [0.2, 0.25) is 0 Å². The van der Waals surface area contributed by atoms with Gasteiger partial charge in [0.05, 0.1) is 0 Å². The Morgan fingerprint density at radius 3 is 1.38 bits per heavy atom. The number of carboxylic acid groups (broad SMARTS) is 1. The van der Waals surface area contributed by atoms with E-state index in [-0.39, 0.29) is 18.5 Å². The van der Waals surface area contributed by atoms with Crippen LogP contribution in [0.25, 0.3) is 0 Å². The number of hydrogen-bond acceptors (Lipinski definition) is 3. The van der Waals surface area contributed by atoms with Crippen molar-refractivity contribution in [3.8, 4) is 0 Å². The average Bonchev–Trinajstić information content (AvgIpc) is 3.03. The molecule has 1 atom stereocenters. The largest absolute Gasteiger partial charge is 0.481 e. The Morgan fingerprint density at radius 1 is 0.489 bits per heavy atom. The molecule has 0 aliphatic rings. The predicted molar refractivity (Wildman–Crippen MR) is 195 cm³/mol. The van der Waals surface area contributed by atoms with Crippen LogP contribution >= 0.6 is 0 Å². The zero-order valence-corrected chi connectivity index (χ0v) is 30.2. The third-order valence-corrected chi connectivity index (χ3v) is 8.94. The number of aliphatic carboxylic acids is 1. The topological polar surface area (TPSA) is 63.6 Å². The lowest BCUT2D eigenvalue weighted by molar-refractivity contribution is -0.151. The summed E-state index contributed by atoms with van der Waals surface area (Å²) < 4.78 is 5.73. The fourth-order valence-corrected chi connectivity index (χ4v) is 5.97. The molecule has 264 valence electrons. The Labute approximate surface area is 280 Å². The molecule has 0 aromatic heterocycles. The van der Waals surface area contributed by atoms with Crippen molar-refractivity contribution in [2.75, 3.05) is 0 Å². The van der Waals surface area contributed by atoms with Crippen LogP contribution in [0.4, 0.5) is 0 Å². The molecule has 0 rings (SSSR count). The number of ether oxygens (including phenoxy) is 1. The summed E-state index contributed by atoms with van der Waals surface area (Å²) >= 11 is 0. The summed E-state index contributed by atoms with van der Waals surface area (Å²) in [4.78, 5) is 23.5. The minimum atomic E-state index is -0.810. The molecule has 0 fully saturated rings. The lowest BCUT2D eigenvalue weighted by atomic mass is 10.0. The SMILES string of the molecule is CCCCC/C=C\C/C=C\CCCCCCCCCCCCCC(=O)OC(CCCCCCCCCCCCC)CCC(=O)O. The van der Waals surface area contributed by atoms with E-state index in [2.05, 4.69) is 38.2 Å². The van der Waals surface area contributed by atoms with E-state index in [1.807, 2.05) is 0 Å². The van der Waals surface area contributed by atoms with Crippen LogP contribution in [0.5, 0.6) is 0 Å². The molecule has 0 spiro atoms. The van der Waals surface area contributed by atoms with Crippen LogP contribution in [0.3, 0.4) is 0 Å². The van der Waals surface area contributed by atoms with Crippen molar-refractivity contribution in [1.82, 2.24) is 0 Å². The number of unbranched alkanes of at least 4 members (excludes halogenated alkanes) is 24. The number of esters is 1. The second-order valence-electron chi connectivity index (χ2n) is 13.5. The first-order chi connectivity index (χ1) is 22.1. The lowest BCUT2D eigenvalue weighted by Crippen LogP contribution is -2.19. The fourth-order valence-electron chi connectivity index (χ4n) is 5.97. The molecule has 4 nitrogen and oxygen atoms in total. The van der Waals surface area contributed by atoms with Gasteiger partial charge in [0, 0.05) is 12.8 Å². The van der Waals surface area contributed by atoms with Crippen molar-refractivity contribution < 1.29 is 19.4 Å². The van der Waals surface area contributed by atoms with Crippen molar-refractivity contribution in [1.29, 1.82) is 0 Å². The smallest absolute Gasteiger partial charge is 0.306 e. The first-order valence-corrected chi connectivity index (χ1v) is 19.8. The van der Waals surface area contributed by atoms with Gasteiger partial charge in [-0.15, -0.1) is 0 Å². The van der Waals surface area contributed by atoms with Gasteiger partial charge in [-0.25, -0.2) is 0 Å². The third-order valence-electron chi connectivity index (χ3n) is 8.94. The highest BCUT2D eigenvalue weighted by Gasteiger charge is 2.16. The van der Waals surface area contributed by atoms with Crippen LogP contribution in [0.15, 0.2) is 24.3 Å². The molecule has 1 N–H and O–H groups in total. The van der Waals surface area contributed by atoms with Gasteiger partial charge in [-0.2, -0.15) is 0 Å². The molecule has 0 heterocycles. The van der Waals surface area contributed by atoms with Gasteiger partial charge in [0.1, 0.15) is 6.10 Å². The standard InChI is InChI=1S/C41H76O4/c1-3-5-7-9-11-13-15-16-17-18-19-20-21-22-23-24-26-28-30-32-34-36-41(44)45-39(37-38-40(42)43)35-33-31-29-27-25-14-12-10-8-6-4-2/h11,13,16-17,39H,3-10,12,14-15,18-38H2,1-2H3,(H,42,43)/b13-11-,17-16-. The molecule has 0 saturated carbocycles. The van der Waals surface area contributed by atoms with Gasteiger partial charge < -0.3 is 9.84 Å². The van der Waals surface area contributed by atoms with E-state index in [9.17, 15) is 9.59 Å². The van der Waals surface area contributed by atoms with Crippen molar-refractivity contribution in [2.24, 2.45) is 0 Å². The average molecular weight is 633 g/mol. The van der Waals surface area contributed by atoms with Crippen molar-refractivity contribution >= 4 is 11.9 Å². The van der Waals surface area contributed by atoms with Gasteiger partial charge in [-0.3, -0.25) is 9.59 Å². The zero-order valence-electron chi connectivity index (χ0n) is 30.2. The van der Waals surface area contributed by atoms with Crippen LogP contribution in [0.1, 0.15) is 219 Å². The first kappa shape index (κ1) is 43.4. The summed E-state index contributed by atoms with van der Waals surface area (Å²) in [6, 6.07) is 0. The molecule has 0 aliphatic carbocycles. The minimum absolute atomic E-state index is 0.0741. The Kier molecular flexibility index (Phi) is 35.6. The van der Waals surface area contributed by atoms with Crippen molar-refractivity contribution in [3.05, 3.63) is 24.3 Å². The van der Waals surface area contributed by atoms with Gasteiger partial charge in [0.15, 0.2) is 0 Å². The lowest BCUT2D eigenvalue weighted by Gasteiger charge is -2.17. The monoisotopic (exact) mass is 633 g/mol. The molecule has 0 bridgehead atoms. The number of carboxylic acids is 1. The molecule has 0 aromatic rings. The fraction of sp³-hybridized carbons (Fsp3) is 0.854. The van der Waals surface area contributed by atoms with E-state index in [1.54, 1.807) is 0 Å². The summed E-state index contributed by atoms with van der Waals surface area (Å²) in [7, 11) is 0. The van der Waals surface area contributed by atoms with E-state index in [0.29, 0.717) is 12.8 Å². The van der Waals surface area contributed by atoms with Crippen LogP contribution < -0.4 is 0 Å². The maximum atomic E-state index is 12.4. The maximum absolute atomic E-state index is 12.4. The van der Waals surface area contributed by atoms with Gasteiger partial charge in [0.25, 0.3) is 0 Å². The molecule has 0 aliphatic heterocycles. The third kappa shape index (κ3) is 36.8. The first-order valence-electron chi connectivity index (χ1n) is 19.8. The molecule has 0 saturated heterocycles. The van der Waals surface area contributed by atoms with Crippen molar-refractivity contribution in [2.45, 2.75) is 225 Å². The minimum Gasteiger partial charge on any atom is -0.481 e. The second-order valence-corrected chi connectivity index (χ2v) is 13.5. The summed E-state index contributed by atoms with van der Waals surface area (Å²) in [5, 5.41) is 9.10. The number of rotatable bonds is 36. The second kappa shape index (κ2) is 36.9. The summed E-state index contributed by atoms with van der Waals surface area (Å²) in [5.41, 5.74) is 0. The number of hydrogen-bond donors (Lipinski definition) is 1. The maximum Gasteiger partial charge on any atom is 0.306 e. The Morgan fingerprint density at radius 2 is 0.889 bits per heavy atom. The van der Waals surface area contributed by atoms with Gasteiger partial charge in [0.2, 0.25) is 0 Å². The van der Waals surface area contributed by atoms with Crippen LogP contribution in [0, 0.1) is 0 Å². The van der Waals surface area contributed by atoms with E-state index in [1.165, 1.54) is 148 Å². The van der Waals surface area contributed by atoms with E-state index < -0.39 is 5.97 Å². The van der Waals surface area contributed by atoms with E-state index in [4.69, 9.17) is 9.84 Å². The molecule has 0 aromatic carbocycles. The molecular weight excluding hydrogens is 556 g/mol. The van der Waals surface area contributed by atoms with Gasteiger partial charge >= 0.3 is 11.9 Å². The highest BCUT2D eigenvalue weighted by Crippen LogP contribution is 2.18. The normalized spacial score (nSPS) is 12.4. The quantitative estimate of drug-likeness (QED) is 0.0424. The summed E-state index contributed by atoms with van der Waals surface area (Å²) in [6.45, 7) is 4.51. The van der Waals surface area contributed by atoms with Crippen molar-refractivity contribution in [3.63, 3.8) is 0 Å². The zero-order chi connectivity index (χ0) is 32.9. The number of carbonyl (C=O) groups excluding carboxylic acids is 1. The van der Waals surface area contributed by atoms with Gasteiger partial charge in [-0.1, -0.05) is 173 Å². The summed E-state index contributed by atoms with van der Waals surface area (Å²) in [5.74, 6) is -0.951. The van der Waals surface area contributed by atoms with Gasteiger partial charge in [-0.05, 0) is 57.8 Å². The van der Waals surface area contributed by atoms with Crippen LogP contribution in [-0.4, -0.2) is 23.1 Å². The van der Waals surface area contributed by atoms with Crippen LogP contribution in [-0.2, 0) is 14.3 Å². The predicted octanol–water partition coefficient (Wildman–Crippen LogP) is 13.6. The Balaban J connectivity index is 3.66. The number of carbonyl (C=O) groups is 2. The number of allylic oxidation sites excluding steroid dienone is 4. The summed E-state index contributed by atoms with van der Waals surface area (Å²) in [6.07, 6.45) is 46.3. The molecule has 1 unspecified atom stereocenters. The highest BCUT2D eigenvalue weighted by molar-refractivity contribution is 5.69. The molecule has 45 heavy (non-hydrogen) atoms.